The molecule has 1 heterocycles. The van der Waals surface area contributed by atoms with Gasteiger partial charge in [-0.05, 0) is 6.92 Å². The van der Waals surface area contributed by atoms with Crippen molar-refractivity contribution in [3.8, 4) is 0 Å². The zero-order chi connectivity index (χ0) is 9.56. The normalized spacial score (nSPS) is 10.4. The summed E-state index contributed by atoms with van der Waals surface area (Å²) >= 11 is 1.39. The second-order valence-corrected chi connectivity index (χ2v) is 2.96. The fourth-order valence-corrected chi connectivity index (χ4v) is 1.20. The Morgan fingerprint density at radius 3 is 2.58 bits per heavy atom. The van der Waals surface area contributed by atoms with Gasteiger partial charge in [-0.15, -0.1) is 11.3 Å². The number of nitrogens with two attached hydrogens (primary N) is 1. The van der Waals surface area contributed by atoms with Gasteiger partial charge in [0.05, 0.1) is 9.88 Å². The van der Waals surface area contributed by atoms with E-state index in [0.29, 0.717) is 4.88 Å². The molecule has 12 heavy (non-hydrogen) atoms. The minimum Gasteiger partial charge on any atom is -0.409 e. The number of oxime groups is 1. The predicted octanol–water partition coefficient (Wildman–Crippen LogP) is 1.57. The fourth-order valence-electron chi connectivity index (χ4n) is 0.529. The van der Waals surface area contributed by atoms with Gasteiger partial charge in [0.25, 0.3) is 0 Å². The number of nitrogens with zero attached hydrogens (tertiary/aromatic N) is 2. The second-order valence-electron chi connectivity index (χ2n) is 1.73. The first-order valence-corrected chi connectivity index (χ1v) is 4.46. The third kappa shape index (κ3) is 2.87. The van der Waals surface area contributed by atoms with Crippen LogP contribution in [-0.2, 0) is 0 Å². The van der Waals surface area contributed by atoms with E-state index in [4.69, 9.17) is 10.9 Å². The molecule has 1 aromatic heterocycles. The van der Waals surface area contributed by atoms with E-state index in [2.05, 4.69) is 10.1 Å². The third-order valence-corrected chi connectivity index (χ3v) is 1.92. The number of aryl methyl sites for hydroxylation is 1. The van der Waals surface area contributed by atoms with Crippen LogP contribution in [0.15, 0.2) is 11.4 Å². The largest absolute Gasteiger partial charge is 0.409 e. The minimum atomic E-state index is 0.116. The molecule has 68 valence electrons. The molecule has 0 aliphatic heterocycles. The van der Waals surface area contributed by atoms with Crippen LogP contribution in [0.2, 0.25) is 0 Å². The van der Waals surface area contributed by atoms with Crippen LogP contribution in [-0.4, -0.2) is 16.0 Å². The van der Waals surface area contributed by atoms with Gasteiger partial charge in [-0.25, -0.2) is 4.98 Å². The van der Waals surface area contributed by atoms with Crippen molar-refractivity contribution < 1.29 is 5.21 Å². The summed E-state index contributed by atoms with van der Waals surface area (Å²) in [7, 11) is 0. The lowest BCUT2D eigenvalue weighted by molar-refractivity contribution is 0.319. The summed E-state index contributed by atoms with van der Waals surface area (Å²) in [6, 6.07) is 0. The van der Waals surface area contributed by atoms with Crippen LogP contribution in [0.3, 0.4) is 0 Å². The van der Waals surface area contributed by atoms with Crippen LogP contribution in [0.1, 0.15) is 23.7 Å². The second kappa shape index (κ2) is 5.54. The average Bonchev–Trinajstić information content (AvgIpc) is 2.54. The summed E-state index contributed by atoms with van der Waals surface area (Å²) < 4.78 is 0. The van der Waals surface area contributed by atoms with Crippen molar-refractivity contribution in [2.45, 2.75) is 20.8 Å². The summed E-state index contributed by atoms with van der Waals surface area (Å²) in [5, 5.41) is 12.0. The van der Waals surface area contributed by atoms with Crippen molar-refractivity contribution in [1.29, 1.82) is 0 Å². The van der Waals surface area contributed by atoms with Gasteiger partial charge in [-0.1, -0.05) is 19.0 Å². The molecule has 4 nitrogen and oxygen atoms in total. The molecule has 1 aromatic rings. The van der Waals surface area contributed by atoms with Gasteiger partial charge in [0.2, 0.25) is 0 Å². The van der Waals surface area contributed by atoms with Crippen LogP contribution in [0.25, 0.3) is 0 Å². The number of rotatable bonds is 1. The van der Waals surface area contributed by atoms with Crippen molar-refractivity contribution in [3.63, 3.8) is 0 Å². The van der Waals surface area contributed by atoms with Crippen LogP contribution in [0, 0.1) is 6.92 Å². The topological polar surface area (TPSA) is 71.5 Å². The molecule has 0 fully saturated rings. The molecule has 0 aliphatic rings. The Morgan fingerprint density at radius 2 is 2.25 bits per heavy atom. The molecule has 0 saturated heterocycles. The molecule has 1 rings (SSSR count). The zero-order valence-corrected chi connectivity index (χ0v) is 8.22. The summed E-state index contributed by atoms with van der Waals surface area (Å²) in [6.07, 6.45) is 1.58. The molecule has 0 saturated carbocycles. The van der Waals surface area contributed by atoms with Crippen molar-refractivity contribution in [3.05, 3.63) is 16.1 Å². The van der Waals surface area contributed by atoms with Gasteiger partial charge in [0.15, 0.2) is 5.84 Å². The van der Waals surface area contributed by atoms with Gasteiger partial charge >= 0.3 is 0 Å². The van der Waals surface area contributed by atoms with Crippen LogP contribution in [0.5, 0.6) is 0 Å². The van der Waals surface area contributed by atoms with Crippen molar-refractivity contribution in [1.82, 2.24) is 4.98 Å². The predicted molar refractivity (Wildman–Crippen MR) is 50.7 cm³/mol. The Kier molecular flexibility index (Phi) is 5.03. The fraction of sp³-hybridized carbons (Fsp3) is 0.429. The number of amidine groups is 1. The van der Waals surface area contributed by atoms with E-state index < -0.39 is 0 Å². The van der Waals surface area contributed by atoms with Crippen LogP contribution >= 0.6 is 11.3 Å². The number of hydrogen-bond donors (Lipinski definition) is 2. The lowest BCUT2D eigenvalue weighted by Crippen LogP contribution is -2.10. The Balaban J connectivity index is 0.000000561. The van der Waals surface area contributed by atoms with Gasteiger partial charge in [-0.3, -0.25) is 0 Å². The molecule has 5 heteroatoms. The Bertz CT molecular complexity index is 257. The van der Waals surface area contributed by atoms with E-state index in [9.17, 15) is 0 Å². The quantitative estimate of drug-likeness (QED) is 0.303. The minimum absolute atomic E-state index is 0.116. The van der Waals surface area contributed by atoms with E-state index in [1.165, 1.54) is 11.3 Å². The maximum atomic E-state index is 8.24. The van der Waals surface area contributed by atoms with Crippen LogP contribution in [0.4, 0.5) is 0 Å². The van der Waals surface area contributed by atoms with Gasteiger partial charge in [0, 0.05) is 6.20 Å². The Labute approximate surface area is 75.7 Å². The number of aromatic nitrogens is 1. The maximum Gasteiger partial charge on any atom is 0.181 e. The number of thiazole rings is 1. The van der Waals surface area contributed by atoms with E-state index in [-0.39, 0.29) is 5.84 Å². The summed E-state index contributed by atoms with van der Waals surface area (Å²) in [4.78, 5) is 4.63. The van der Waals surface area contributed by atoms with Gasteiger partial charge < -0.3 is 10.9 Å². The van der Waals surface area contributed by atoms with Crippen molar-refractivity contribution in [2.24, 2.45) is 10.9 Å². The Morgan fingerprint density at radius 1 is 1.67 bits per heavy atom. The first-order valence-electron chi connectivity index (χ1n) is 3.64. The summed E-state index contributed by atoms with van der Waals surface area (Å²) in [6.45, 7) is 5.86. The smallest absolute Gasteiger partial charge is 0.181 e. The molecule has 0 aromatic carbocycles. The third-order valence-electron chi connectivity index (χ3n) is 0.981. The molecule has 0 bridgehead atoms. The lowest BCUT2D eigenvalue weighted by atomic mass is 10.5. The van der Waals surface area contributed by atoms with E-state index in [0.717, 1.165) is 5.01 Å². The highest BCUT2D eigenvalue weighted by atomic mass is 32.1. The average molecular weight is 187 g/mol. The van der Waals surface area contributed by atoms with Crippen molar-refractivity contribution >= 4 is 17.2 Å². The molecule has 0 radical (unpaired) electrons. The first-order chi connectivity index (χ1) is 5.74. The standard InChI is InChI=1S/C5H7N3OS.C2H6/c1-3-7-2-4(10-3)5(6)8-9;1-2/h2,9H,1H3,(H2,6,8);1-2H3. The highest BCUT2D eigenvalue weighted by Gasteiger charge is 2.01. The molecule has 0 aliphatic carbocycles. The number of hydrogen-bond acceptors (Lipinski definition) is 4. The maximum absolute atomic E-state index is 8.24. The molecule has 0 amide bonds. The highest BCUT2D eigenvalue weighted by molar-refractivity contribution is 7.13. The van der Waals surface area contributed by atoms with Gasteiger partial charge in [-0.2, -0.15) is 0 Å². The molecule has 0 spiro atoms. The molecular formula is C7H13N3OS. The van der Waals surface area contributed by atoms with E-state index in [1.54, 1.807) is 6.20 Å². The Hall–Kier alpha value is -1.10. The highest BCUT2D eigenvalue weighted by Crippen LogP contribution is 2.10. The van der Waals surface area contributed by atoms with E-state index in [1.807, 2.05) is 20.8 Å². The van der Waals surface area contributed by atoms with E-state index >= 15 is 0 Å². The van der Waals surface area contributed by atoms with Gasteiger partial charge in [0.1, 0.15) is 0 Å². The SMILES string of the molecule is CC.Cc1ncc(/C(N)=N/O)s1. The van der Waals surface area contributed by atoms with Crippen molar-refractivity contribution in [2.75, 3.05) is 0 Å². The molecule has 3 N–H and O–H groups in total. The van der Waals surface area contributed by atoms with Crippen LogP contribution < -0.4 is 5.73 Å². The molecular weight excluding hydrogens is 174 g/mol. The molecule has 0 unspecified atom stereocenters. The monoisotopic (exact) mass is 187 g/mol. The summed E-state index contributed by atoms with van der Waals surface area (Å²) in [5.41, 5.74) is 5.28. The zero-order valence-electron chi connectivity index (χ0n) is 7.40. The lowest BCUT2D eigenvalue weighted by Gasteiger charge is -1.86. The summed E-state index contributed by atoms with van der Waals surface area (Å²) in [5.74, 6) is 0.116. The first kappa shape index (κ1) is 10.9. The molecule has 0 atom stereocenters.